The molecule has 0 aromatic carbocycles. The maximum Gasteiger partial charge on any atom is 0.311 e. The van der Waals surface area contributed by atoms with Crippen LogP contribution in [0.3, 0.4) is 0 Å². The second-order valence-electron chi connectivity index (χ2n) is 3.18. The van der Waals surface area contributed by atoms with Crippen LogP contribution in [0.1, 0.15) is 23.4 Å². The topological polar surface area (TPSA) is 39.2 Å². The number of ether oxygens (including phenoxy) is 1. The van der Waals surface area contributed by atoms with Crippen LogP contribution in [0.25, 0.3) is 0 Å². The molecule has 0 aliphatic carbocycles. The second-order valence-corrected chi connectivity index (χ2v) is 3.18. The molecule has 0 aliphatic rings. The van der Waals surface area contributed by atoms with E-state index in [1.165, 1.54) is 6.92 Å². The van der Waals surface area contributed by atoms with Crippen LogP contribution in [0.15, 0.2) is 6.07 Å². The molecule has 1 aromatic rings. The van der Waals surface area contributed by atoms with Gasteiger partial charge in [0.25, 0.3) is 6.43 Å². The average molecular weight is 233 g/mol. The fourth-order valence-electron chi connectivity index (χ4n) is 1.19. The second kappa shape index (κ2) is 4.96. The van der Waals surface area contributed by atoms with Crippen molar-refractivity contribution in [2.45, 2.75) is 19.8 Å². The van der Waals surface area contributed by atoms with Gasteiger partial charge >= 0.3 is 5.97 Å². The van der Waals surface area contributed by atoms with Crippen molar-refractivity contribution in [3.05, 3.63) is 28.8 Å². The van der Waals surface area contributed by atoms with E-state index in [-0.39, 0.29) is 11.3 Å². The summed E-state index contributed by atoms with van der Waals surface area (Å²) in [4.78, 5) is 14.3. The molecule has 88 valence electrons. The van der Waals surface area contributed by atoms with Crippen molar-refractivity contribution in [3.8, 4) is 0 Å². The van der Waals surface area contributed by atoms with Crippen LogP contribution in [0.2, 0.25) is 0 Å². The van der Waals surface area contributed by atoms with Crippen molar-refractivity contribution in [3.63, 3.8) is 0 Å². The van der Waals surface area contributed by atoms with Crippen LogP contribution >= 0.6 is 0 Å². The maximum absolute atomic E-state index is 13.4. The third-order valence-corrected chi connectivity index (χ3v) is 1.99. The molecule has 6 heteroatoms. The number of carbonyl (C=O) groups excluding carboxylic acids is 1. The molecule has 16 heavy (non-hydrogen) atoms. The summed E-state index contributed by atoms with van der Waals surface area (Å²) >= 11 is 0. The fraction of sp³-hybridized carbons (Fsp3) is 0.400. The Hall–Kier alpha value is -1.59. The molecule has 0 fully saturated rings. The number of hydrogen-bond donors (Lipinski definition) is 0. The van der Waals surface area contributed by atoms with Gasteiger partial charge in [0, 0.05) is 0 Å². The van der Waals surface area contributed by atoms with E-state index in [1.54, 1.807) is 0 Å². The van der Waals surface area contributed by atoms with Gasteiger partial charge in [0.05, 0.1) is 19.2 Å². The standard InChI is InChI=1S/C10H10F3NO2/c1-5-3-7(10(12)13)14-6(9(5)11)4-8(15)16-2/h3,10H,4H2,1-2H3. The Labute approximate surface area is 90.2 Å². The van der Waals surface area contributed by atoms with E-state index >= 15 is 0 Å². The molecule has 0 radical (unpaired) electrons. The largest absolute Gasteiger partial charge is 0.469 e. The predicted octanol–water partition coefficient (Wildman–Crippen LogP) is 2.18. The van der Waals surface area contributed by atoms with Gasteiger partial charge in [-0.1, -0.05) is 0 Å². The molecule has 1 aromatic heterocycles. The lowest BCUT2D eigenvalue weighted by atomic mass is 10.1. The Balaban J connectivity index is 3.11. The molecule has 0 spiro atoms. The summed E-state index contributed by atoms with van der Waals surface area (Å²) in [5.74, 6) is -1.48. The number of aryl methyl sites for hydroxylation is 1. The Morgan fingerprint density at radius 1 is 1.56 bits per heavy atom. The number of methoxy groups -OCH3 is 1. The summed E-state index contributed by atoms with van der Waals surface area (Å²) in [7, 11) is 1.13. The van der Waals surface area contributed by atoms with E-state index in [4.69, 9.17) is 0 Å². The molecule has 0 amide bonds. The first kappa shape index (κ1) is 12.5. The van der Waals surface area contributed by atoms with Gasteiger partial charge in [0.1, 0.15) is 11.5 Å². The Morgan fingerprint density at radius 3 is 2.69 bits per heavy atom. The third kappa shape index (κ3) is 2.71. The van der Waals surface area contributed by atoms with Gasteiger partial charge in [-0.2, -0.15) is 0 Å². The molecule has 0 N–H and O–H groups in total. The molecular formula is C10H10F3NO2. The van der Waals surface area contributed by atoms with E-state index < -0.39 is 30.3 Å². The van der Waals surface area contributed by atoms with Gasteiger partial charge in [-0.15, -0.1) is 0 Å². The summed E-state index contributed by atoms with van der Waals surface area (Å²) in [6.07, 6.45) is -3.25. The molecule has 1 heterocycles. The molecule has 0 bridgehead atoms. The van der Waals surface area contributed by atoms with Crippen molar-refractivity contribution in [1.82, 2.24) is 4.98 Å². The van der Waals surface area contributed by atoms with Crippen molar-refractivity contribution in [1.29, 1.82) is 0 Å². The van der Waals surface area contributed by atoms with Crippen LogP contribution in [0.4, 0.5) is 13.2 Å². The number of esters is 1. The van der Waals surface area contributed by atoms with E-state index in [9.17, 15) is 18.0 Å². The van der Waals surface area contributed by atoms with Crippen molar-refractivity contribution < 1.29 is 22.7 Å². The zero-order valence-electron chi connectivity index (χ0n) is 8.76. The van der Waals surface area contributed by atoms with Crippen LogP contribution in [0.5, 0.6) is 0 Å². The van der Waals surface area contributed by atoms with Crippen molar-refractivity contribution >= 4 is 5.97 Å². The molecule has 0 atom stereocenters. The van der Waals surface area contributed by atoms with E-state index in [0.717, 1.165) is 13.2 Å². The lowest BCUT2D eigenvalue weighted by molar-refractivity contribution is -0.139. The number of carbonyl (C=O) groups is 1. The van der Waals surface area contributed by atoms with Crippen LogP contribution in [-0.2, 0) is 16.0 Å². The Kier molecular flexibility index (Phi) is 3.87. The maximum atomic E-state index is 13.4. The van der Waals surface area contributed by atoms with E-state index in [1.807, 2.05) is 0 Å². The number of halogens is 3. The monoisotopic (exact) mass is 233 g/mol. The highest BCUT2D eigenvalue weighted by atomic mass is 19.3. The zero-order valence-corrected chi connectivity index (χ0v) is 8.76. The summed E-state index contributed by atoms with van der Waals surface area (Å²) in [5, 5.41) is 0. The Bertz CT molecular complexity index is 407. The number of pyridine rings is 1. The molecule has 0 saturated carbocycles. The first-order chi connectivity index (χ1) is 7.45. The first-order valence-corrected chi connectivity index (χ1v) is 4.46. The van der Waals surface area contributed by atoms with Crippen LogP contribution in [0, 0.1) is 12.7 Å². The normalized spacial score (nSPS) is 10.6. The summed E-state index contributed by atoms with van der Waals surface area (Å²) < 4.78 is 42.5. The van der Waals surface area contributed by atoms with Gasteiger partial charge in [0.15, 0.2) is 0 Å². The number of alkyl halides is 2. The number of nitrogens with zero attached hydrogens (tertiary/aromatic N) is 1. The minimum Gasteiger partial charge on any atom is -0.469 e. The minimum atomic E-state index is -2.80. The summed E-state index contributed by atoms with van der Waals surface area (Å²) in [6.45, 7) is 1.34. The summed E-state index contributed by atoms with van der Waals surface area (Å²) in [5.41, 5.74) is -0.829. The molecule has 0 saturated heterocycles. The smallest absolute Gasteiger partial charge is 0.311 e. The lowest BCUT2D eigenvalue weighted by Crippen LogP contribution is -2.10. The fourth-order valence-corrected chi connectivity index (χ4v) is 1.19. The zero-order chi connectivity index (χ0) is 12.3. The van der Waals surface area contributed by atoms with E-state index in [2.05, 4.69) is 9.72 Å². The van der Waals surface area contributed by atoms with E-state index in [0.29, 0.717) is 0 Å². The lowest BCUT2D eigenvalue weighted by Gasteiger charge is -2.07. The first-order valence-electron chi connectivity index (χ1n) is 4.46. The minimum absolute atomic E-state index is 0.0317. The van der Waals surface area contributed by atoms with Crippen molar-refractivity contribution in [2.24, 2.45) is 0 Å². The van der Waals surface area contributed by atoms with Crippen LogP contribution < -0.4 is 0 Å². The quantitative estimate of drug-likeness (QED) is 0.751. The Morgan fingerprint density at radius 2 is 2.19 bits per heavy atom. The van der Waals surface area contributed by atoms with Gasteiger partial charge < -0.3 is 4.74 Å². The van der Waals surface area contributed by atoms with Crippen molar-refractivity contribution in [2.75, 3.05) is 7.11 Å². The molecular weight excluding hydrogens is 223 g/mol. The van der Waals surface area contributed by atoms with Gasteiger partial charge in [-0.05, 0) is 18.6 Å². The SMILES string of the molecule is COC(=O)Cc1nc(C(F)F)cc(C)c1F. The highest BCUT2D eigenvalue weighted by Gasteiger charge is 2.17. The predicted molar refractivity (Wildman–Crippen MR) is 49.6 cm³/mol. The van der Waals surface area contributed by atoms with Gasteiger partial charge in [-0.25, -0.2) is 18.2 Å². The third-order valence-electron chi connectivity index (χ3n) is 1.99. The molecule has 0 aliphatic heterocycles. The van der Waals surface area contributed by atoms with Crippen LogP contribution in [-0.4, -0.2) is 18.1 Å². The molecule has 3 nitrogen and oxygen atoms in total. The highest BCUT2D eigenvalue weighted by molar-refractivity contribution is 5.71. The van der Waals surface area contributed by atoms with Gasteiger partial charge in [-0.3, -0.25) is 4.79 Å². The molecule has 1 rings (SSSR count). The number of rotatable bonds is 3. The number of aromatic nitrogens is 1. The molecule has 0 unspecified atom stereocenters. The van der Waals surface area contributed by atoms with Gasteiger partial charge in [0.2, 0.25) is 0 Å². The number of hydrogen-bond acceptors (Lipinski definition) is 3. The average Bonchev–Trinajstić information content (AvgIpc) is 2.23. The highest BCUT2D eigenvalue weighted by Crippen LogP contribution is 2.21. The summed E-state index contributed by atoms with van der Waals surface area (Å²) in [6, 6.07) is 0.959.